The Kier molecular flexibility index (Phi) is 5.13. The first-order chi connectivity index (χ1) is 14.4. The van der Waals surface area contributed by atoms with Crippen LogP contribution in [0.1, 0.15) is 21.7 Å². The number of carboxylic acid groups (broad SMARTS) is 1. The predicted molar refractivity (Wildman–Crippen MR) is 119 cm³/mol. The third kappa shape index (κ3) is 3.48. The van der Waals surface area contributed by atoms with Gasteiger partial charge in [-0.15, -0.1) is 0 Å². The molecule has 0 bridgehead atoms. The summed E-state index contributed by atoms with van der Waals surface area (Å²) in [6, 6.07) is 18.5. The fourth-order valence-electron chi connectivity index (χ4n) is 3.63. The molecule has 6 nitrogen and oxygen atoms in total. The number of benzene rings is 3. The van der Waals surface area contributed by atoms with E-state index in [9.17, 15) is 14.1 Å². The van der Waals surface area contributed by atoms with Crippen molar-refractivity contribution in [1.29, 1.82) is 0 Å². The Hall–Kier alpha value is -3.45. The monoisotopic (exact) mass is 419 g/mol. The summed E-state index contributed by atoms with van der Waals surface area (Å²) in [6.07, 6.45) is 0. The number of fused-ring (bicyclic) bond motifs is 1. The van der Waals surface area contributed by atoms with Crippen molar-refractivity contribution in [2.75, 3.05) is 4.72 Å². The number of hydrogen-bond donors (Lipinski definition) is 2. The number of hydrogen-bond acceptors (Lipinski definition) is 3. The summed E-state index contributed by atoms with van der Waals surface area (Å²) in [7, 11) is 0.367. The maximum atomic E-state index is 13.1. The molecule has 1 unspecified atom stereocenters. The Morgan fingerprint density at radius 1 is 1.03 bits per heavy atom. The Labute approximate surface area is 176 Å². The summed E-state index contributed by atoms with van der Waals surface area (Å²) < 4.78 is 17.9. The van der Waals surface area contributed by atoms with Crippen LogP contribution in [0.5, 0.6) is 0 Å². The van der Waals surface area contributed by atoms with Crippen LogP contribution in [-0.2, 0) is 18.0 Å². The summed E-state index contributed by atoms with van der Waals surface area (Å²) in [5.74, 6) is -0.961. The van der Waals surface area contributed by atoms with E-state index in [1.165, 1.54) is 0 Å². The molecule has 1 heterocycles. The lowest BCUT2D eigenvalue weighted by molar-refractivity contribution is 0.0697. The fourth-order valence-corrected chi connectivity index (χ4v) is 4.82. The zero-order valence-corrected chi connectivity index (χ0v) is 17.7. The Morgan fingerprint density at radius 3 is 2.43 bits per heavy atom. The average molecular weight is 420 g/mol. The first kappa shape index (κ1) is 19.8. The summed E-state index contributed by atoms with van der Waals surface area (Å²) in [5, 5.41) is 15.5. The number of aromatic nitrogens is 2. The van der Waals surface area contributed by atoms with Crippen LogP contribution in [-0.4, -0.2) is 25.1 Å². The number of rotatable bonds is 5. The van der Waals surface area contributed by atoms with Crippen LogP contribution in [0, 0.1) is 13.8 Å². The van der Waals surface area contributed by atoms with Crippen LogP contribution in [0.4, 0.5) is 5.69 Å². The van der Waals surface area contributed by atoms with Crippen molar-refractivity contribution < 1.29 is 14.1 Å². The molecule has 4 rings (SSSR count). The van der Waals surface area contributed by atoms with Gasteiger partial charge in [0.15, 0.2) is 11.0 Å². The minimum absolute atomic E-state index is 0.238. The van der Waals surface area contributed by atoms with Gasteiger partial charge in [-0.05, 0) is 48.6 Å². The molecule has 0 saturated heterocycles. The normalized spacial score (nSPS) is 12.1. The van der Waals surface area contributed by atoms with Crippen molar-refractivity contribution in [3.63, 3.8) is 0 Å². The van der Waals surface area contributed by atoms with Crippen molar-refractivity contribution >= 4 is 33.4 Å². The second-order valence-corrected chi connectivity index (χ2v) is 8.24. The lowest BCUT2D eigenvalue weighted by Crippen LogP contribution is -2.07. The second kappa shape index (κ2) is 7.76. The van der Waals surface area contributed by atoms with E-state index in [2.05, 4.69) is 9.82 Å². The molecule has 152 valence electrons. The van der Waals surface area contributed by atoms with Gasteiger partial charge in [-0.2, -0.15) is 5.10 Å². The van der Waals surface area contributed by atoms with Crippen molar-refractivity contribution in [3.8, 4) is 11.1 Å². The highest BCUT2D eigenvalue weighted by Crippen LogP contribution is 2.34. The maximum absolute atomic E-state index is 13.1. The molecule has 0 aliphatic heterocycles. The molecule has 0 aliphatic carbocycles. The molecule has 3 aromatic carbocycles. The van der Waals surface area contributed by atoms with E-state index < -0.39 is 17.0 Å². The minimum Gasteiger partial charge on any atom is -0.478 e. The number of aryl methyl sites for hydroxylation is 2. The van der Waals surface area contributed by atoms with E-state index >= 15 is 0 Å². The van der Waals surface area contributed by atoms with Crippen LogP contribution in [0.15, 0.2) is 65.6 Å². The highest BCUT2D eigenvalue weighted by Gasteiger charge is 2.18. The SMILES string of the molecule is Cc1nn(C)c(C)c1S(=O)Nc1ccc(-c2cccc(C(=O)O)c2)c2ccccc12. The van der Waals surface area contributed by atoms with E-state index in [0.29, 0.717) is 4.90 Å². The van der Waals surface area contributed by atoms with Gasteiger partial charge in [0.2, 0.25) is 0 Å². The van der Waals surface area contributed by atoms with Crippen LogP contribution in [0.2, 0.25) is 0 Å². The summed E-state index contributed by atoms with van der Waals surface area (Å²) in [4.78, 5) is 12.0. The van der Waals surface area contributed by atoms with Gasteiger partial charge in [-0.25, -0.2) is 9.00 Å². The molecule has 0 spiro atoms. The van der Waals surface area contributed by atoms with Crippen molar-refractivity contribution in [2.45, 2.75) is 18.7 Å². The molecule has 0 fully saturated rings. The molecule has 0 amide bonds. The van der Waals surface area contributed by atoms with Gasteiger partial charge in [0.25, 0.3) is 0 Å². The molecule has 30 heavy (non-hydrogen) atoms. The molecule has 0 radical (unpaired) electrons. The highest BCUT2D eigenvalue weighted by atomic mass is 32.2. The van der Waals surface area contributed by atoms with Crippen LogP contribution in [0.3, 0.4) is 0 Å². The number of carboxylic acids is 1. The zero-order chi connectivity index (χ0) is 21.4. The molecule has 1 atom stereocenters. The Balaban J connectivity index is 1.79. The van der Waals surface area contributed by atoms with E-state index in [-0.39, 0.29) is 5.56 Å². The van der Waals surface area contributed by atoms with Crippen molar-refractivity contribution in [1.82, 2.24) is 9.78 Å². The second-order valence-electron chi connectivity index (χ2n) is 7.09. The molecular formula is C23H21N3O3S. The topological polar surface area (TPSA) is 84.2 Å². The lowest BCUT2D eigenvalue weighted by Gasteiger charge is -2.13. The first-order valence-corrected chi connectivity index (χ1v) is 10.6. The van der Waals surface area contributed by atoms with Gasteiger partial charge in [-0.3, -0.25) is 4.68 Å². The molecular weight excluding hydrogens is 398 g/mol. The largest absolute Gasteiger partial charge is 0.478 e. The highest BCUT2D eigenvalue weighted by molar-refractivity contribution is 7.86. The number of carbonyl (C=O) groups is 1. The number of anilines is 1. The first-order valence-electron chi connectivity index (χ1n) is 9.41. The van der Waals surface area contributed by atoms with E-state index in [1.807, 2.05) is 63.4 Å². The van der Waals surface area contributed by atoms with Crippen LogP contribution >= 0.6 is 0 Å². The standard InChI is InChI=1S/C23H21N3O3S/c1-14-22(15(2)26(3)24-14)30(29)25-21-12-11-18(19-9-4-5-10-20(19)21)16-7-6-8-17(13-16)23(27)28/h4-13,25H,1-3H3,(H,27,28). The average Bonchev–Trinajstić information content (AvgIpc) is 2.99. The van der Waals surface area contributed by atoms with Gasteiger partial charge >= 0.3 is 5.97 Å². The van der Waals surface area contributed by atoms with Gasteiger partial charge in [0.1, 0.15) is 4.90 Å². The third-order valence-corrected chi connectivity index (χ3v) is 6.54. The fraction of sp³-hybridized carbons (Fsp3) is 0.130. The van der Waals surface area contributed by atoms with Gasteiger partial charge in [0.05, 0.1) is 22.6 Å². The Bertz CT molecular complexity index is 1310. The molecule has 0 aliphatic rings. The zero-order valence-electron chi connectivity index (χ0n) is 16.8. The van der Waals surface area contributed by atoms with Gasteiger partial charge in [0, 0.05) is 12.4 Å². The molecule has 4 aromatic rings. The maximum Gasteiger partial charge on any atom is 0.335 e. The van der Waals surface area contributed by atoms with Crippen LogP contribution in [0.25, 0.3) is 21.9 Å². The number of nitrogens with one attached hydrogen (secondary N) is 1. The predicted octanol–water partition coefficient (Wildman–Crippen LogP) is 4.69. The molecule has 7 heteroatoms. The molecule has 2 N–H and O–H groups in total. The van der Waals surface area contributed by atoms with E-state index in [0.717, 1.165) is 39.0 Å². The smallest absolute Gasteiger partial charge is 0.335 e. The molecule has 0 saturated carbocycles. The molecule has 1 aromatic heterocycles. The number of nitrogens with zero attached hydrogens (tertiary/aromatic N) is 2. The summed E-state index contributed by atoms with van der Waals surface area (Å²) in [6.45, 7) is 3.74. The van der Waals surface area contributed by atoms with Gasteiger partial charge in [-0.1, -0.05) is 42.5 Å². The van der Waals surface area contributed by atoms with Gasteiger partial charge < -0.3 is 9.83 Å². The summed E-state index contributed by atoms with van der Waals surface area (Å²) in [5.41, 5.74) is 4.29. The van der Waals surface area contributed by atoms with E-state index in [1.54, 1.807) is 22.9 Å². The van der Waals surface area contributed by atoms with Crippen molar-refractivity contribution in [2.24, 2.45) is 7.05 Å². The minimum atomic E-state index is -1.46. The summed E-state index contributed by atoms with van der Waals surface area (Å²) >= 11 is 0. The quantitative estimate of drug-likeness (QED) is 0.491. The number of aromatic carboxylic acids is 1. The van der Waals surface area contributed by atoms with Crippen molar-refractivity contribution in [3.05, 3.63) is 77.6 Å². The van der Waals surface area contributed by atoms with E-state index in [4.69, 9.17) is 0 Å². The van der Waals surface area contributed by atoms with Crippen LogP contribution < -0.4 is 4.72 Å². The Morgan fingerprint density at radius 2 is 1.77 bits per heavy atom. The third-order valence-electron chi connectivity index (χ3n) is 5.18. The lowest BCUT2D eigenvalue weighted by atomic mass is 9.96.